The van der Waals surface area contributed by atoms with E-state index < -0.39 is 11.6 Å². The van der Waals surface area contributed by atoms with Crippen LogP contribution in [0.4, 0.5) is 0 Å². The van der Waals surface area contributed by atoms with Crippen LogP contribution < -0.4 is 15.8 Å². The van der Waals surface area contributed by atoms with Crippen molar-refractivity contribution in [3.8, 4) is 5.75 Å². The van der Waals surface area contributed by atoms with Gasteiger partial charge < -0.3 is 25.5 Å². The molecule has 3 aromatic rings. The Kier molecular flexibility index (Phi) is 8.52. The van der Waals surface area contributed by atoms with Gasteiger partial charge in [-0.1, -0.05) is 35.9 Å². The summed E-state index contributed by atoms with van der Waals surface area (Å²) in [6.07, 6.45) is 7.22. The van der Waals surface area contributed by atoms with Crippen molar-refractivity contribution in [3.63, 3.8) is 0 Å². The highest BCUT2D eigenvalue weighted by Gasteiger charge is 2.26. The van der Waals surface area contributed by atoms with Gasteiger partial charge in [0, 0.05) is 11.2 Å². The smallest absolute Gasteiger partial charge is 0.335 e. The third-order valence-electron chi connectivity index (χ3n) is 5.32. The molecule has 1 aromatic heterocycles. The first-order chi connectivity index (χ1) is 16.7. The maximum atomic E-state index is 13.3. The van der Waals surface area contributed by atoms with E-state index in [9.17, 15) is 9.59 Å². The number of allylic oxidation sites excluding steroid dienone is 3. The summed E-state index contributed by atoms with van der Waals surface area (Å²) < 4.78 is 7.73. The second kappa shape index (κ2) is 11.6. The minimum atomic E-state index is -1.22. The van der Waals surface area contributed by atoms with E-state index >= 15 is 0 Å². The quantitative estimate of drug-likeness (QED) is 0.213. The predicted octanol–water partition coefficient (Wildman–Crippen LogP) is 4.83. The first kappa shape index (κ1) is 25.8. The number of ether oxygens (including phenoxy) is 1. The number of nitrogens with two attached hydrogens (primary N) is 1. The Bertz CT molecular complexity index is 1230. The fraction of sp³-hybridized carbons (Fsp3) is 0.185. The van der Waals surface area contributed by atoms with Gasteiger partial charge in [0.15, 0.2) is 0 Å². The molecule has 1 heterocycles. The van der Waals surface area contributed by atoms with E-state index in [0.717, 1.165) is 0 Å². The standard InChI is InChI=1S/C27H28ClN3O4/c1-3-4-6-23(25(32)30-27(2,29)20-10-8-19(9-11-20)26(33)34)24-7-5-16-31(24)17-18-35-22-14-12-21(28)13-15-22/h3-16H,17-18,29H2,1-2H3,(H,30,32)(H,33,34)/b4-3-,23-6+. The second-order valence-electron chi connectivity index (χ2n) is 8.03. The van der Waals surface area contributed by atoms with Gasteiger partial charge in [0.1, 0.15) is 18.0 Å². The number of amides is 1. The van der Waals surface area contributed by atoms with E-state index in [1.54, 1.807) is 55.5 Å². The molecule has 2 aromatic carbocycles. The third kappa shape index (κ3) is 6.85. The van der Waals surface area contributed by atoms with Crippen LogP contribution in [0.3, 0.4) is 0 Å². The molecule has 0 radical (unpaired) electrons. The summed E-state index contributed by atoms with van der Waals surface area (Å²) in [6, 6.07) is 16.9. The van der Waals surface area contributed by atoms with E-state index in [1.165, 1.54) is 12.1 Å². The Labute approximate surface area is 209 Å². The van der Waals surface area contributed by atoms with Crippen LogP contribution in [0.2, 0.25) is 5.02 Å². The molecule has 35 heavy (non-hydrogen) atoms. The lowest BCUT2D eigenvalue weighted by Gasteiger charge is -2.27. The molecular weight excluding hydrogens is 466 g/mol. The normalized spacial score (nSPS) is 13.4. The number of carbonyl (C=O) groups excluding carboxylic acids is 1. The van der Waals surface area contributed by atoms with Crippen LogP contribution >= 0.6 is 11.6 Å². The number of halogens is 1. The summed E-state index contributed by atoms with van der Waals surface area (Å²) in [6.45, 7) is 4.43. The van der Waals surface area contributed by atoms with E-state index in [0.29, 0.717) is 40.8 Å². The Morgan fingerprint density at radius 3 is 2.46 bits per heavy atom. The maximum Gasteiger partial charge on any atom is 0.335 e. The van der Waals surface area contributed by atoms with Crippen LogP contribution in [-0.4, -0.2) is 28.2 Å². The summed E-state index contributed by atoms with van der Waals surface area (Å²) in [5.74, 6) is -0.691. The van der Waals surface area contributed by atoms with Crippen LogP contribution in [-0.2, 0) is 17.0 Å². The summed E-state index contributed by atoms with van der Waals surface area (Å²) in [5.41, 5.74) is 7.05. The summed E-state index contributed by atoms with van der Waals surface area (Å²) in [4.78, 5) is 24.5. The van der Waals surface area contributed by atoms with Crippen molar-refractivity contribution in [1.29, 1.82) is 0 Å². The molecule has 0 aliphatic heterocycles. The molecule has 0 saturated heterocycles. The zero-order chi connectivity index (χ0) is 25.4. The minimum Gasteiger partial charge on any atom is -0.492 e. The Balaban J connectivity index is 1.76. The molecular formula is C27H28ClN3O4. The zero-order valence-corrected chi connectivity index (χ0v) is 20.3. The molecule has 182 valence electrons. The number of nitrogens with one attached hydrogen (secondary N) is 1. The number of benzene rings is 2. The number of carbonyl (C=O) groups is 2. The van der Waals surface area contributed by atoms with E-state index in [4.69, 9.17) is 27.2 Å². The SMILES string of the molecule is C/C=C\C=C(\C(=O)NC(C)(N)c1ccc(C(=O)O)cc1)c1cccn1CCOc1ccc(Cl)cc1. The lowest BCUT2D eigenvalue weighted by molar-refractivity contribution is -0.117. The molecule has 1 amide bonds. The molecule has 7 nitrogen and oxygen atoms in total. The van der Waals surface area contributed by atoms with Crippen LogP contribution in [0.15, 0.2) is 85.1 Å². The maximum absolute atomic E-state index is 13.3. The predicted molar refractivity (Wildman–Crippen MR) is 137 cm³/mol. The van der Waals surface area contributed by atoms with Gasteiger partial charge in [0.25, 0.3) is 5.91 Å². The highest BCUT2D eigenvalue weighted by Crippen LogP contribution is 2.21. The van der Waals surface area contributed by atoms with Crippen molar-refractivity contribution in [1.82, 2.24) is 9.88 Å². The van der Waals surface area contributed by atoms with Gasteiger partial charge in [-0.15, -0.1) is 0 Å². The molecule has 1 unspecified atom stereocenters. The number of carboxylic acid groups (broad SMARTS) is 1. The monoisotopic (exact) mass is 493 g/mol. The van der Waals surface area contributed by atoms with Gasteiger partial charge in [-0.3, -0.25) is 4.79 Å². The summed E-state index contributed by atoms with van der Waals surface area (Å²) in [7, 11) is 0. The lowest BCUT2D eigenvalue weighted by Crippen LogP contribution is -2.51. The van der Waals surface area contributed by atoms with E-state index in [1.807, 2.05) is 35.9 Å². The highest BCUT2D eigenvalue weighted by molar-refractivity contribution is 6.30. The summed E-state index contributed by atoms with van der Waals surface area (Å²) >= 11 is 5.92. The first-order valence-electron chi connectivity index (χ1n) is 11.0. The Hall–Kier alpha value is -3.81. The lowest BCUT2D eigenvalue weighted by atomic mass is 9.99. The van der Waals surface area contributed by atoms with E-state index in [-0.39, 0.29) is 11.5 Å². The minimum absolute atomic E-state index is 0.142. The fourth-order valence-corrected chi connectivity index (χ4v) is 3.58. The van der Waals surface area contributed by atoms with Crippen molar-refractivity contribution < 1.29 is 19.4 Å². The number of hydrogen-bond acceptors (Lipinski definition) is 4. The molecule has 0 aliphatic carbocycles. The second-order valence-corrected chi connectivity index (χ2v) is 8.47. The van der Waals surface area contributed by atoms with Crippen LogP contribution in [0.1, 0.15) is 35.5 Å². The van der Waals surface area contributed by atoms with Crippen molar-refractivity contribution in [2.24, 2.45) is 5.73 Å². The average molecular weight is 494 g/mol. The summed E-state index contributed by atoms with van der Waals surface area (Å²) in [5, 5.41) is 12.6. The zero-order valence-electron chi connectivity index (χ0n) is 19.6. The number of carboxylic acids is 1. The molecule has 0 fully saturated rings. The molecule has 0 saturated carbocycles. The Morgan fingerprint density at radius 1 is 1.14 bits per heavy atom. The molecule has 3 rings (SSSR count). The van der Waals surface area contributed by atoms with Crippen LogP contribution in [0, 0.1) is 0 Å². The molecule has 0 spiro atoms. The molecule has 4 N–H and O–H groups in total. The van der Waals surface area contributed by atoms with Crippen molar-refractivity contribution in [2.45, 2.75) is 26.1 Å². The number of hydrogen-bond donors (Lipinski definition) is 3. The topological polar surface area (TPSA) is 107 Å². The largest absolute Gasteiger partial charge is 0.492 e. The van der Waals surface area contributed by atoms with Crippen LogP contribution in [0.5, 0.6) is 5.75 Å². The first-order valence-corrected chi connectivity index (χ1v) is 11.4. The molecule has 0 bridgehead atoms. The van der Waals surface area contributed by atoms with Gasteiger partial charge in [0.05, 0.1) is 23.4 Å². The van der Waals surface area contributed by atoms with E-state index in [2.05, 4.69) is 5.32 Å². The molecule has 0 aliphatic rings. The average Bonchev–Trinajstić information content (AvgIpc) is 3.28. The number of nitrogens with zero attached hydrogens (tertiary/aromatic N) is 1. The van der Waals surface area contributed by atoms with Gasteiger partial charge in [-0.25, -0.2) is 4.79 Å². The van der Waals surface area contributed by atoms with Crippen molar-refractivity contribution in [3.05, 3.63) is 107 Å². The number of aromatic nitrogens is 1. The highest BCUT2D eigenvalue weighted by atomic mass is 35.5. The van der Waals surface area contributed by atoms with Crippen LogP contribution in [0.25, 0.3) is 5.57 Å². The van der Waals surface area contributed by atoms with Gasteiger partial charge in [0.2, 0.25) is 0 Å². The third-order valence-corrected chi connectivity index (χ3v) is 5.58. The molecule has 1 atom stereocenters. The van der Waals surface area contributed by atoms with Gasteiger partial charge in [-0.05, 0) is 74.0 Å². The molecule has 8 heteroatoms. The number of rotatable bonds is 10. The van der Waals surface area contributed by atoms with Gasteiger partial charge >= 0.3 is 5.97 Å². The Morgan fingerprint density at radius 2 is 1.83 bits per heavy atom. The van der Waals surface area contributed by atoms with Crippen molar-refractivity contribution >= 4 is 29.1 Å². The number of aromatic carboxylic acids is 1. The van der Waals surface area contributed by atoms with Crippen molar-refractivity contribution in [2.75, 3.05) is 6.61 Å². The van der Waals surface area contributed by atoms with Gasteiger partial charge in [-0.2, -0.15) is 0 Å². The fourth-order valence-electron chi connectivity index (χ4n) is 3.45.